The van der Waals surface area contributed by atoms with Gasteiger partial charge in [-0.25, -0.2) is 4.98 Å². The highest BCUT2D eigenvalue weighted by Gasteiger charge is 2.10. The summed E-state index contributed by atoms with van der Waals surface area (Å²) in [6.45, 7) is 1.96. The molecule has 0 aliphatic rings. The number of nitrogens with zero attached hydrogens (tertiary/aromatic N) is 3. The molecule has 0 aliphatic carbocycles. The second-order valence-electron chi connectivity index (χ2n) is 6.56. The number of pyridine rings is 2. The van der Waals surface area contributed by atoms with Crippen molar-refractivity contribution in [3.8, 4) is 17.4 Å². The molecular formula is C22H20N4O4. The van der Waals surface area contributed by atoms with E-state index in [1.807, 2.05) is 31.2 Å². The van der Waals surface area contributed by atoms with Crippen LogP contribution in [0, 0.1) is 0 Å². The Kier molecular flexibility index (Phi) is 5.56. The minimum Gasteiger partial charge on any atom is -0.481 e. The van der Waals surface area contributed by atoms with Gasteiger partial charge < -0.3 is 19.3 Å². The lowest BCUT2D eigenvalue weighted by molar-refractivity contribution is -0.115. The van der Waals surface area contributed by atoms with Crippen LogP contribution in [0.5, 0.6) is 17.4 Å². The van der Waals surface area contributed by atoms with Crippen molar-refractivity contribution in [2.45, 2.75) is 19.8 Å². The van der Waals surface area contributed by atoms with Gasteiger partial charge in [-0.1, -0.05) is 24.2 Å². The van der Waals surface area contributed by atoms with E-state index in [2.05, 4.69) is 20.4 Å². The SMILES string of the molecule is CCc1cc(NC(=O)Cc2ccc(Oc3ccnc4cc(OC)ncc34)cc2)no1. The highest BCUT2D eigenvalue weighted by atomic mass is 16.5. The van der Waals surface area contributed by atoms with Crippen molar-refractivity contribution in [2.75, 3.05) is 12.4 Å². The number of amides is 1. The number of hydrogen-bond donors (Lipinski definition) is 1. The molecule has 8 heteroatoms. The van der Waals surface area contributed by atoms with E-state index in [9.17, 15) is 4.79 Å². The molecule has 0 bridgehead atoms. The van der Waals surface area contributed by atoms with Crippen molar-refractivity contribution in [1.29, 1.82) is 0 Å². The Hall–Kier alpha value is -3.94. The van der Waals surface area contributed by atoms with Gasteiger partial charge in [0.25, 0.3) is 0 Å². The van der Waals surface area contributed by atoms with Gasteiger partial charge in [-0.05, 0) is 23.8 Å². The molecule has 8 nitrogen and oxygen atoms in total. The first kappa shape index (κ1) is 19.4. The molecule has 0 radical (unpaired) electrons. The maximum absolute atomic E-state index is 12.2. The third-order valence-electron chi connectivity index (χ3n) is 4.46. The van der Waals surface area contributed by atoms with E-state index in [0.29, 0.717) is 23.2 Å². The molecule has 0 saturated heterocycles. The van der Waals surface area contributed by atoms with E-state index >= 15 is 0 Å². The fourth-order valence-corrected chi connectivity index (χ4v) is 2.91. The molecule has 3 aromatic heterocycles. The Balaban J connectivity index is 1.42. The summed E-state index contributed by atoms with van der Waals surface area (Å²) in [5.74, 6) is 2.76. The first-order valence-corrected chi connectivity index (χ1v) is 9.45. The molecule has 1 amide bonds. The lowest BCUT2D eigenvalue weighted by atomic mass is 10.1. The van der Waals surface area contributed by atoms with Crippen LogP contribution in [0.3, 0.4) is 0 Å². The van der Waals surface area contributed by atoms with Crippen molar-refractivity contribution in [3.05, 3.63) is 66.2 Å². The van der Waals surface area contributed by atoms with Gasteiger partial charge in [-0.2, -0.15) is 0 Å². The molecular weight excluding hydrogens is 384 g/mol. The Morgan fingerprint density at radius 3 is 2.70 bits per heavy atom. The van der Waals surface area contributed by atoms with Gasteiger partial charge >= 0.3 is 0 Å². The van der Waals surface area contributed by atoms with Gasteiger partial charge in [0.2, 0.25) is 11.8 Å². The number of anilines is 1. The summed E-state index contributed by atoms with van der Waals surface area (Å²) in [5, 5.41) is 7.33. The average molecular weight is 404 g/mol. The molecule has 4 aromatic rings. The summed E-state index contributed by atoms with van der Waals surface area (Å²) < 4.78 is 16.2. The molecule has 0 unspecified atom stereocenters. The van der Waals surface area contributed by atoms with Crippen LogP contribution in [-0.2, 0) is 17.6 Å². The third kappa shape index (κ3) is 4.38. The summed E-state index contributed by atoms with van der Waals surface area (Å²) in [5.41, 5.74) is 1.58. The number of benzene rings is 1. The molecule has 30 heavy (non-hydrogen) atoms. The summed E-state index contributed by atoms with van der Waals surface area (Å²) in [6.07, 6.45) is 4.28. The number of aryl methyl sites for hydroxylation is 1. The van der Waals surface area contributed by atoms with Crippen LogP contribution >= 0.6 is 0 Å². The van der Waals surface area contributed by atoms with Gasteiger partial charge in [0.05, 0.1) is 24.4 Å². The van der Waals surface area contributed by atoms with E-state index in [1.54, 1.807) is 37.7 Å². The Labute approximate surface area is 172 Å². The number of aromatic nitrogens is 3. The monoisotopic (exact) mass is 404 g/mol. The fraction of sp³-hybridized carbons (Fsp3) is 0.182. The van der Waals surface area contributed by atoms with Gasteiger partial charge in [-0.15, -0.1) is 0 Å². The van der Waals surface area contributed by atoms with Crippen LogP contribution in [0.15, 0.2) is 59.4 Å². The number of nitrogens with one attached hydrogen (secondary N) is 1. The van der Waals surface area contributed by atoms with E-state index in [0.717, 1.165) is 28.6 Å². The predicted molar refractivity (Wildman–Crippen MR) is 111 cm³/mol. The topological polar surface area (TPSA) is 99.4 Å². The number of carbonyl (C=O) groups excluding carboxylic acids is 1. The fourth-order valence-electron chi connectivity index (χ4n) is 2.91. The maximum atomic E-state index is 12.2. The molecule has 1 N–H and O–H groups in total. The number of hydrogen-bond acceptors (Lipinski definition) is 7. The molecule has 0 saturated carbocycles. The maximum Gasteiger partial charge on any atom is 0.230 e. The van der Waals surface area contributed by atoms with Gasteiger partial charge in [0, 0.05) is 30.9 Å². The van der Waals surface area contributed by atoms with Crippen molar-refractivity contribution in [2.24, 2.45) is 0 Å². The Morgan fingerprint density at radius 1 is 1.13 bits per heavy atom. The highest BCUT2D eigenvalue weighted by Crippen LogP contribution is 2.29. The second kappa shape index (κ2) is 8.60. The van der Waals surface area contributed by atoms with Gasteiger partial charge in [-0.3, -0.25) is 9.78 Å². The molecule has 0 atom stereocenters. The number of methoxy groups -OCH3 is 1. The zero-order valence-corrected chi connectivity index (χ0v) is 16.6. The molecule has 1 aromatic carbocycles. The van der Waals surface area contributed by atoms with E-state index < -0.39 is 0 Å². The number of ether oxygens (including phenoxy) is 2. The minimum atomic E-state index is -0.167. The Bertz CT molecular complexity index is 1170. The first-order valence-electron chi connectivity index (χ1n) is 9.45. The Morgan fingerprint density at radius 2 is 1.97 bits per heavy atom. The summed E-state index contributed by atoms with van der Waals surface area (Å²) in [7, 11) is 1.56. The van der Waals surface area contributed by atoms with Gasteiger partial charge in [0.15, 0.2) is 5.82 Å². The summed E-state index contributed by atoms with van der Waals surface area (Å²) in [4.78, 5) is 20.7. The lowest BCUT2D eigenvalue weighted by Gasteiger charge is -2.09. The largest absolute Gasteiger partial charge is 0.481 e. The van der Waals surface area contributed by atoms with Crippen molar-refractivity contribution >= 4 is 22.6 Å². The molecule has 4 rings (SSSR count). The number of carbonyl (C=O) groups is 1. The van der Waals surface area contributed by atoms with E-state index in [-0.39, 0.29) is 12.3 Å². The van der Waals surface area contributed by atoms with Crippen LogP contribution in [0.4, 0.5) is 5.82 Å². The summed E-state index contributed by atoms with van der Waals surface area (Å²) >= 11 is 0. The van der Waals surface area contributed by atoms with Gasteiger partial charge in [0.1, 0.15) is 17.3 Å². The molecule has 0 spiro atoms. The van der Waals surface area contributed by atoms with Crippen LogP contribution in [0.25, 0.3) is 10.9 Å². The van der Waals surface area contributed by atoms with E-state index in [4.69, 9.17) is 14.0 Å². The standard InChI is InChI=1S/C22H20N4O4/c1-3-15-11-20(26-30-15)25-21(27)10-14-4-6-16(7-5-14)29-19-8-9-23-18-12-22(28-2)24-13-17(18)19/h4-9,11-13H,3,10H2,1-2H3,(H,25,26,27). The number of fused-ring (bicyclic) bond motifs is 1. The lowest BCUT2D eigenvalue weighted by Crippen LogP contribution is -2.14. The van der Waals surface area contributed by atoms with Crippen LogP contribution in [0.2, 0.25) is 0 Å². The third-order valence-corrected chi connectivity index (χ3v) is 4.46. The van der Waals surface area contributed by atoms with Crippen LogP contribution in [0.1, 0.15) is 18.2 Å². The minimum absolute atomic E-state index is 0.167. The second-order valence-corrected chi connectivity index (χ2v) is 6.56. The molecule has 0 fully saturated rings. The summed E-state index contributed by atoms with van der Waals surface area (Å²) in [6, 6.07) is 12.6. The molecule has 0 aliphatic heterocycles. The van der Waals surface area contributed by atoms with Crippen LogP contribution in [-0.4, -0.2) is 28.1 Å². The molecule has 152 valence electrons. The van der Waals surface area contributed by atoms with E-state index in [1.165, 1.54) is 0 Å². The smallest absolute Gasteiger partial charge is 0.230 e. The quantitative estimate of drug-likeness (QED) is 0.494. The van der Waals surface area contributed by atoms with Crippen LogP contribution < -0.4 is 14.8 Å². The normalized spacial score (nSPS) is 10.7. The zero-order valence-electron chi connectivity index (χ0n) is 16.6. The van der Waals surface area contributed by atoms with Crippen molar-refractivity contribution in [1.82, 2.24) is 15.1 Å². The zero-order chi connectivity index (χ0) is 20.9. The average Bonchev–Trinajstić information content (AvgIpc) is 3.22. The van der Waals surface area contributed by atoms with Crippen molar-refractivity contribution in [3.63, 3.8) is 0 Å². The number of rotatable bonds is 7. The molecule has 3 heterocycles. The highest BCUT2D eigenvalue weighted by molar-refractivity contribution is 5.91. The van der Waals surface area contributed by atoms with Crippen molar-refractivity contribution < 1.29 is 18.8 Å². The first-order chi connectivity index (χ1) is 14.6. The predicted octanol–water partition coefficient (Wildman–Crippen LogP) is 4.16.